The maximum Gasteiger partial charge on any atom is 0.241 e. The molecule has 490 valence electrons. The third-order valence-corrected chi connectivity index (χ3v) is 23.9. The summed E-state index contributed by atoms with van der Waals surface area (Å²) in [7, 11) is 0. The number of hydrogen-bond donors (Lipinski definition) is 0. The monoisotopic (exact) mass is 1360 g/mol. The van der Waals surface area contributed by atoms with Gasteiger partial charge in [-0.1, -0.05) is 232 Å². The molecule has 0 unspecified atom stereocenters. The quantitative estimate of drug-likeness (QED) is 0.152. The predicted octanol–water partition coefficient (Wildman–Crippen LogP) is 25.0. The Balaban J connectivity index is 0.811. The van der Waals surface area contributed by atoms with E-state index in [1.54, 1.807) is 0 Å². The molecule has 0 bridgehead atoms. The molecule has 7 aromatic heterocycles. The number of para-hydroxylation sites is 6. The van der Waals surface area contributed by atoms with Crippen molar-refractivity contribution in [3.8, 4) is 73.7 Å². The number of benzene rings is 15. The molecule has 0 amide bonds. The van der Waals surface area contributed by atoms with E-state index >= 15 is 0 Å². The highest BCUT2D eigenvalue weighted by Crippen LogP contribution is 2.54. The van der Waals surface area contributed by atoms with Gasteiger partial charge in [0.1, 0.15) is 0 Å². The maximum absolute atomic E-state index is 5.97. The highest BCUT2D eigenvalue weighted by molar-refractivity contribution is 7.25. The van der Waals surface area contributed by atoms with E-state index in [9.17, 15) is 0 Å². The van der Waals surface area contributed by atoms with Gasteiger partial charge in [0, 0.05) is 90.8 Å². The number of thiophene rings is 1. The van der Waals surface area contributed by atoms with E-state index in [2.05, 4.69) is 364 Å². The van der Waals surface area contributed by atoms with Crippen LogP contribution < -0.4 is 0 Å². The summed E-state index contributed by atoms with van der Waals surface area (Å²) in [5.74, 6) is 1.50. The van der Waals surface area contributed by atoms with Crippen molar-refractivity contribution in [2.24, 2.45) is 0 Å². The van der Waals surface area contributed by atoms with E-state index in [0.717, 1.165) is 116 Å². The average molecular weight is 1360 g/mol. The second-order valence-electron chi connectivity index (χ2n) is 28.7. The SMILES string of the molecule is CC1(C)c2ccccc2-c2ccc3c(c21)c1ccccc1n3-c1nc(-n2c3ccccc3c3ccc(-c4ccc5c(c4)sc4ccccc45)cc32)nc(-n2c3cc(-c4ccc5c(c4)c4ccccc4n5-c4ccccc4)ccc3c3ccc(-c4ccc5c(c4)c4ccccc4n5-c4ccccc4)cc32)n1. The van der Waals surface area contributed by atoms with Crippen LogP contribution in [0.1, 0.15) is 25.0 Å². The van der Waals surface area contributed by atoms with Crippen LogP contribution in [-0.2, 0) is 5.41 Å². The minimum absolute atomic E-state index is 0.302. The molecular weight excluding hydrogens is 1300 g/mol. The molecular formula is C96H60N8S. The molecule has 0 spiro atoms. The van der Waals surface area contributed by atoms with Crippen molar-refractivity contribution in [3.63, 3.8) is 0 Å². The van der Waals surface area contributed by atoms with Crippen LogP contribution >= 0.6 is 11.3 Å². The first-order valence-electron chi connectivity index (χ1n) is 36.0. The highest BCUT2D eigenvalue weighted by atomic mass is 32.1. The number of fused-ring (bicyclic) bond motifs is 22. The number of nitrogens with zero attached hydrogens (tertiary/aromatic N) is 8. The Morgan fingerprint density at radius 1 is 0.238 bits per heavy atom. The van der Waals surface area contributed by atoms with Crippen molar-refractivity contribution in [2.75, 3.05) is 0 Å². The minimum Gasteiger partial charge on any atom is -0.309 e. The summed E-state index contributed by atoms with van der Waals surface area (Å²) in [5, 5.41) is 14.0. The second kappa shape index (κ2) is 21.8. The van der Waals surface area contributed by atoms with Gasteiger partial charge in [0.05, 0.1) is 55.2 Å². The van der Waals surface area contributed by atoms with E-state index in [0.29, 0.717) is 17.8 Å². The summed E-state index contributed by atoms with van der Waals surface area (Å²) in [4.78, 5) is 17.8. The molecule has 0 saturated heterocycles. The van der Waals surface area contributed by atoms with Crippen molar-refractivity contribution < 1.29 is 0 Å². The Hall–Kier alpha value is -13.5. The van der Waals surface area contributed by atoms with E-state index < -0.39 is 0 Å². The first-order valence-corrected chi connectivity index (χ1v) is 36.8. The smallest absolute Gasteiger partial charge is 0.241 e. The Morgan fingerprint density at radius 2 is 0.590 bits per heavy atom. The molecule has 9 heteroatoms. The maximum atomic E-state index is 5.97. The standard InChI is InChI=1S/C96H60N8S/c1-96(2)78-31-15-9-25-65(78)74-47-50-85-91(92(74)96)75-30-13-19-35-82(75)102(85)93-97-94(103-81-34-18-10-26-66(81)69-43-39-61(55-86(69)103)62-40-46-73-72-29-14-20-36-89(72)105-90(73)56-62)99-95(98-93)104-87-53-59(57-41-48-83-76(51-57)67-27-11-16-32-79(67)100(83)63-21-5-3-6-22-63)37-44-70(87)71-45-38-60(54-88(71)104)58-42-49-84-77(52-58)68-28-12-17-33-80(68)101(84)64-23-7-4-8-24-64/h3-56H,1-2H3. The lowest BCUT2D eigenvalue weighted by molar-refractivity contribution is 0.666. The summed E-state index contributed by atoms with van der Waals surface area (Å²) in [6.07, 6.45) is 0. The van der Waals surface area contributed by atoms with Gasteiger partial charge >= 0.3 is 0 Å². The Bertz CT molecular complexity index is 7290. The fourth-order valence-electron chi connectivity index (χ4n) is 18.1. The van der Waals surface area contributed by atoms with E-state index in [1.165, 1.54) is 80.4 Å². The molecule has 7 heterocycles. The van der Waals surface area contributed by atoms with Crippen LogP contribution in [0.4, 0.5) is 0 Å². The molecule has 1 aliphatic carbocycles. The third-order valence-electron chi connectivity index (χ3n) is 22.7. The zero-order valence-corrected chi connectivity index (χ0v) is 58.0. The van der Waals surface area contributed by atoms with E-state index in [4.69, 9.17) is 15.0 Å². The summed E-state index contributed by atoms with van der Waals surface area (Å²) in [6, 6.07) is 121. The third kappa shape index (κ3) is 8.35. The summed E-state index contributed by atoms with van der Waals surface area (Å²) in [5.41, 5.74) is 24.3. The molecule has 22 aromatic rings. The van der Waals surface area contributed by atoms with Gasteiger partial charge in [-0.3, -0.25) is 13.7 Å². The first kappa shape index (κ1) is 58.2. The topological polar surface area (TPSA) is 63.3 Å². The zero-order chi connectivity index (χ0) is 68.9. The molecule has 8 nitrogen and oxygen atoms in total. The molecule has 105 heavy (non-hydrogen) atoms. The van der Waals surface area contributed by atoms with Crippen LogP contribution in [0.3, 0.4) is 0 Å². The van der Waals surface area contributed by atoms with Gasteiger partial charge < -0.3 is 9.13 Å². The van der Waals surface area contributed by atoms with Crippen LogP contribution in [0.5, 0.6) is 0 Å². The lowest BCUT2D eigenvalue weighted by Gasteiger charge is -2.22. The Morgan fingerprint density at radius 3 is 1.13 bits per heavy atom. The summed E-state index contributed by atoms with van der Waals surface area (Å²) >= 11 is 1.85. The Labute approximate surface area is 606 Å². The molecule has 0 fully saturated rings. The lowest BCUT2D eigenvalue weighted by atomic mass is 9.80. The van der Waals surface area contributed by atoms with Crippen molar-refractivity contribution >= 4 is 141 Å². The molecule has 0 saturated carbocycles. The predicted molar refractivity (Wildman–Crippen MR) is 438 cm³/mol. The normalized spacial score (nSPS) is 12.9. The number of aromatic nitrogens is 8. The average Bonchev–Trinajstić information content (AvgIpc) is 1.54. The van der Waals surface area contributed by atoms with Gasteiger partial charge in [-0.15, -0.1) is 11.3 Å². The zero-order valence-electron chi connectivity index (χ0n) is 57.2. The molecule has 0 atom stereocenters. The first-order chi connectivity index (χ1) is 51.8. The van der Waals surface area contributed by atoms with Crippen LogP contribution in [0, 0.1) is 0 Å². The van der Waals surface area contributed by atoms with Crippen LogP contribution in [-0.4, -0.2) is 37.8 Å². The fourth-order valence-corrected chi connectivity index (χ4v) is 19.2. The van der Waals surface area contributed by atoms with Crippen molar-refractivity contribution in [1.29, 1.82) is 0 Å². The van der Waals surface area contributed by atoms with Crippen molar-refractivity contribution in [3.05, 3.63) is 339 Å². The van der Waals surface area contributed by atoms with Gasteiger partial charge in [0.2, 0.25) is 17.8 Å². The summed E-state index contributed by atoms with van der Waals surface area (Å²) in [6.45, 7) is 4.76. The van der Waals surface area contributed by atoms with Crippen molar-refractivity contribution in [1.82, 2.24) is 37.8 Å². The van der Waals surface area contributed by atoms with Crippen LogP contribution in [0.2, 0.25) is 0 Å². The largest absolute Gasteiger partial charge is 0.309 e. The van der Waals surface area contributed by atoms with E-state index in [-0.39, 0.29) is 5.41 Å². The highest BCUT2D eigenvalue weighted by Gasteiger charge is 2.38. The van der Waals surface area contributed by atoms with Gasteiger partial charge in [-0.2, -0.15) is 15.0 Å². The molecule has 0 N–H and O–H groups in total. The molecule has 0 radical (unpaired) electrons. The van der Waals surface area contributed by atoms with Gasteiger partial charge in [-0.25, -0.2) is 0 Å². The minimum atomic E-state index is -0.302. The van der Waals surface area contributed by atoms with Crippen LogP contribution in [0.25, 0.3) is 203 Å². The molecule has 0 aliphatic heterocycles. The molecule has 15 aromatic carbocycles. The summed E-state index contributed by atoms with van der Waals surface area (Å²) < 4.78 is 14.2. The number of hydrogen-bond acceptors (Lipinski definition) is 4. The van der Waals surface area contributed by atoms with Crippen LogP contribution in [0.15, 0.2) is 328 Å². The van der Waals surface area contributed by atoms with Gasteiger partial charge in [-0.05, 0) is 165 Å². The fraction of sp³-hybridized carbons (Fsp3) is 0.0312. The molecule has 1 aliphatic rings. The molecule has 23 rings (SSSR count). The lowest BCUT2D eigenvalue weighted by Crippen LogP contribution is -2.15. The van der Waals surface area contributed by atoms with E-state index in [1.807, 2.05) is 11.3 Å². The Kier molecular flexibility index (Phi) is 12.1. The second-order valence-corrected chi connectivity index (χ2v) is 29.8. The number of rotatable bonds is 8. The van der Waals surface area contributed by atoms with Crippen molar-refractivity contribution in [2.45, 2.75) is 19.3 Å². The van der Waals surface area contributed by atoms with Gasteiger partial charge in [0.15, 0.2) is 0 Å². The van der Waals surface area contributed by atoms with Gasteiger partial charge in [0.25, 0.3) is 0 Å².